The second-order valence-electron chi connectivity index (χ2n) is 12.9. The van der Waals surface area contributed by atoms with E-state index < -0.39 is 0 Å². The van der Waals surface area contributed by atoms with Crippen LogP contribution in [0.2, 0.25) is 0 Å². The fraction of sp³-hybridized carbons (Fsp3) is 0. The van der Waals surface area contributed by atoms with Crippen molar-refractivity contribution in [2.75, 3.05) is 0 Å². The summed E-state index contributed by atoms with van der Waals surface area (Å²) >= 11 is 0. The molecule has 0 saturated carbocycles. The van der Waals surface area contributed by atoms with E-state index in [9.17, 15) is 0 Å². The minimum atomic E-state index is -0.0237. The lowest BCUT2D eigenvalue weighted by Crippen LogP contribution is -2.50. The molecule has 0 bridgehead atoms. The van der Waals surface area contributed by atoms with E-state index in [0.717, 1.165) is 10.8 Å². The first-order valence-corrected chi connectivity index (χ1v) is 15.8. The Hall–Kier alpha value is -3.91. The molecule has 1 nitrogen and oxygen atoms in total. The minimum absolute atomic E-state index is 0.00431. The van der Waals surface area contributed by atoms with Crippen molar-refractivity contribution in [1.29, 1.82) is 0 Å². The highest BCUT2D eigenvalue weighted by Gasteiger charge is 2.28. The summed E-state index contributed by atoms with van der Waals surface area (Å²) in [6.07, 6.45) is 0. The topological polar surface area (TPSA) is 13.1 Å². The zero-order valence-electron chi connectivity index (χ0n) is 27.6. The Balaban J connectivity index is 1.75. The summed E-state index contributed by atoms with van der Waals surface area (Å²) in [6, 6.07) is 13.5. The summed E-state index contributed by atoms with van der Waals surface area (Å²) in [5, 5.41) is 3.59. The number of hydrogen-bond acceptors (Lipinski definition) is 1. The Labute approximate surface area is 321 Å². The molecule has 1 aromatic heterocycles. The molecule has 0 aliphatic carbocycles. The quantitative estimate of drug-likeness (QED) is 0.139. The predicted molar refractivity (Wildman–Crippen MR) is 238 cm³/mol. The third kappa shape index (κ3) is 4.45. The maximum Gasteiger partial charge on any atom is 0.127 e. The second kappa shape index (κ2) is 12.1. The predicted octanol–water partition coefficient (Wildman–Crippen LogP) is -7.71. The standard InChI is InChI=1S/C36H7B15O/c37-20-17(25(42)33(50)35-18(20)19-26(43)31(48)32(49)34(51)36(19)52-35)12-15-13(21(38)27(44)29(46)23(15)40)11(10-7-3-5-8-4-1-2-6-9(8)10)14-16(12)24(41)30(47)28(45)22(14)39/h1-7H. The summed E-state index contributed by atoms with van der Waals surface area (Å²) < 4.78 is 6.14. The highest BCUT2D eigenvalue weighted by Crippen LogP contribution is 2.42. The second-order valence-corrected chi connectivity index (χ2v) is 12.9. The van der Waals surface area contributed by atoms with Crippen molar-refractivity contribution in [3.63, 3.8) is 0 Å². The first kappa shape index (κ1) is 35.1. The van der Waals surface area contributed by atoms with Crippen LogP contribution in [0.1, 0.15) is 0 Å². The van der Waals surface area contributed by atoms with E-state index in [2.05, 4.69) is 0 Å². The van der Waals surface area contributed by atoms with Gasteiger partial charge in [-0.25, -0.2) is 0 Å². The molecule has 0 aliphatic heterocycles. The molecule has 7 aromatic carbocycles. The smallest absolute Gasteiger partial charge is 0.127 e. The van der Waals surface area contributed by atoms with Gasteiger partial charge in [0.2, 0.25) is 0 Å². The van der Waals surface area contributed by atoms with E-state index in [1.807, 2.05) is 42.5 Å². The third-order valence-electron chi connectivity index (χ3n) is 10.3. The van der Waals surface area contributed by atoms with Gasteiger partial charge in [0.15, 0.2) is 0 Å². The Morgan fingerprint density at radius 1 is 0.288 bits per heavy atom. The zero-order valence-corrected chi connectivity index (χ0v) is 27.6. The van der Waals surface area contributed by atoms with Crippen molar-refractivity contribution >= 4 is 254 Å². The van der Waals surface area contributed by atoms with Crippen LogP contribution in [0.3, 0.4) is 0 Å². The van der Waals surface area contributed by atoms with Gasteiger partial charge in [-0.1, -0.05) is 91.6 Å². The van der Waals surface area contributed by atoms with Crippen molar-refractivity contribution in [3.05, 3.63) is 42.5 Å². The molecule has 202 valence electrons. The number of fused-ring (bicyclic) bond motifs is 6. The molecule has 0 atom stereocenters. The van der Waals surface area contributed by atoms with Crippen molar-refractivity contribution in [1.82, 2.24) is 0 Å². The van der Waals surface area contributed by atoms with E-state index in [-0.39, 0.29) is 126 Å². The Morgan fingerprint density at radius 2 is 0.673 bits per heavy atom. The summed E-state index contributed by atoms with van der Waals surface area (Å²) in [6.45, 7) is 0. The number of rotatable bonds is 2. The van der Waals surface area contributed by atoms with Crippen LogP contribution in [0.25, 0.3) is 76.5 Å². The SMILES string of the molecule is [B]c1c([B])c([B])c2c(oc3c([B])c([B])c(-c4c5c([B])c([B])c([B])c([B])c5c(-c5cccc6ccccc56)c5c([B])c([B])c([B])c([B])c45)c([B])c32)c1[B]. The van der Waals surface area contributed by atoms with Crippen molar-refractivity contribution in [2.24, 2.45) is 0 Å². The van der Waals surface area contributed by atoms with Gasteiger partial charge in [-0.3, -0.25) is 0 Å². The molecule has 0 fully saturated rings. The van der Waals surface area contributed by atoms with E-state index in [0.29, 0.717) is 21.9 Å². The van der Waals surface area contributed by atoms with Crippen molar-refractivity contribution in [2.45, 2.75) is 0 Å². The minimum Gasteiger partial charge on any atom is -0.457 e. The van der Waals surface area contributed by atoms with Crippen LogP contribution in [-0.4, -0.2) is 118 Å². The molecule has 0 spiro atoms. The molecule has 30 radical (unpaired) electrons. The monoisotopic (exact) mass is 620 g/mol. The molecule has 8 rings (SSSR count). The van der Waals surface area contributed by atoms with E-state index >= 15 is 0 Å². The zero-order chi connectivity index (χ0) is 37.4. The van der Waals surface area contributed by atoms with Crippen LogP contribution >= 0.6 is 0 Å². The van der Waals surface area contributed by atoms with Gasteiger partial charge in [-0.15, -0.1) is 32.8 Å². The van der Waals surface area contributed by atoms with E-state index in [1.165, 1.54) is 0 Å². The van der Waals surface area contributed by atoms with Crippen LogP contribution in [0.4, 0.5) is 0 Å². The van der Waals surface area contributed by atoms with Crippen LogP contribution in [0.5, 0.6) is 0 Å². The van der Waals surface area contributed by atoms with Crippen LogP contribution in [0.15, 0.2) is 46.9 Å². The van der Waals surface area contributed by atoms with Gasteiger partial charge in [0.05, 0.1) is 0 Å². The Kier molecular flexibility index (Phi) is 8.15. The third-order valence-corrected chi connectivity index (χ3v) is 10.3. The summed E-state index contributed by atoms with van der Waals surface area (Å²) in [5.41, 5.74) is 2.35. The molecular formula is C36H7B15O. The normalized spacial score (nSPS) is 11.8. The fourth-order valence-corrected chi connectivity index (χ4v) is 7.58. The highest BCUT2D eigenvalue weighted by molar-refractivity contribution is 6.73. The Bertz CT molecular complexity index is 2880. The molecule has 52 heavy (non-hydrogen) atoms. The van der Waals surface area contributed by atoms with Gasteiger partial charge in [0, 0.05) is 10.8 Å². The average molecular weight is 618 g/mol. The van der Waals surface area contributed by atoms with Crippen LogP contribution in [0, 0.1) is 0 Å². The lowest BCUT2D eigenvalue weighted by molar-refractivity contribution is 0.675. The Morgan fingerprint density at radius 3 is 1.19 bits per heavy atom. The molecule has 0 amide bonds. The van der Waals surface area contributed by atoms with Gasteiger partial charge < -0.3 is 4.42 Å². The molecular weight excluding hydrogens is 611 g/mol. The maximum absolute atomic E-state index is 7.14. The molecule has 8 aromatic rings. The summed E-state index contributed by atoms with van der Waals surface area (Å²) in [4.78, 5) is 0. The van der Waals surface area contributed by atoms with E-state index in [1.54, 1.807) is 0 Å². The molecule has 1 heterocycles. The number of hydrogen-bond donors (Lipinski definition) is 0. The van der Waals surface area contributed by atoms with Crippen LogP contribution in [-0.2, 0) is 0 Å². The van der Waals surface area contributed by atoms with E-state index in [4.69, 9.17) is 122 Å². The first-order valence-electron chi connectivity index (χ1n) is 15.8. The largest absolute Gasteiger partial charge is 0.457 e. The van der Waals surface area contributed by atoms with Gasteiger partial charge in [0.25, 0.3) is 0 Å². The number of benzene rings is 7. The highest BCUT2D eigenvalue weighted by atomic mass is 16.3. The van der Waals surface area contributed by atoms with Crippen molar-refractivity contribution in [3.8, 4) is 22.3 Å². The number of furan rings is 1. The molecule has 16 heteroatoms. The van der Waals surface area contributed by atoms with Gasteiger partial charge in [0.1, 0.15) is 129 Å². The lowest BCUT2D eigenvalue weighted by atomic mass is 9.58. The van der Waals surface area contributed by atoms with Crippen LogP contribution < -0.4 is 81.9 Å². The first-order chi connectivity index (χ1) is 24.6. The van der Waals surface area contributed by atoms with Crippen molar-refractivity contribution < 1.29 is 4.42 Å². The fourth-order valence-electron chi connectivity index (χ4n) is 7.58. The molecule has 0 N–H and O–H groups in total. The molecule has 0 aliphatic rings. The maximum atomic E-state index is 7.14. The van der Waals surface area contributed by atoms with Gasteiger partial charge >= 0.3 is 0 Å². The molecule has 0 saturated heterocycles. The van der Waals surface area contributed by atoms with Gasteiger partial charge in [-0.2, -0.15) is 0 Å². The summed E-state index contributed by atoms with van der Waals surface area (Å²) in [5.74, 6) is 0. The average Bonchev–Trinajstić information content (AvgIpc) is 3.55. The lowest BCUT2D eigenvalue weighted by Gasteiger charge is -2.30. The van der Waals surface area contributed by atoms with Gasteiger partial charge in [-0.05, 0) is 54.6 Å². The molecule has 0 unspecified atom stereocenters. The summed E-state index contributed by atoms with van der Waals surface area (Å²) in [7, 11) is 100.